The quantitative estimate of drug-likeness (QED) is 0.632. The van der Waals surface area contributed by atoms with Crippen LogP contribution in [0, 0.1) is 0 Å². The van der Waals surface area contributed by atoms with Crippen molar-refractivity contribution in [2.45, 2.75) is 18.8 Å². The van der Waals surface area contributed by atoms with Crippen LogP contribution in [0.15, 0.2) is 52.9 Å². The number of carbonyl (C=O) groups excluding carboxylic acids is 1. The molecule has 3 aromatic rings. The lowest BCUT2D eigenvalue weighted by Gasteiger charge is -2.20. The third-order valence-corrected chi connectivity index (χ3v) is 4.39. The molecule has 104 valence electrons. The monoisotopic (exact) mass is 296 g/mol. The van der Waals surface area contributed by atoms with Crippen molar-refractivity contribution in [3.05, 3.63) is 70.4 Å². The van der Waals surface area contributed by atoms with Gasteiger partial charge < -0.3 is 4.42 Å². The topological polar surface area (TPSA) is 30.2 Å². The van der Waals surface area contributed by atoms with E-state index >= 15 is 0 Å². The van der Waals surface area contributed by atoms with Gasteiger partial charge in [-0.25, -0.2) is 0 Å². The van der Waals surface area contributed by atoms with Gasteiger partial charge in [0, 0.05) is 22.4 Å². The van der Waals surface area contributed by atoms with E-state index in [9.17, 15) is 4.79 Å². The maximum absolute atomic E-state index is 12.4. The number of fused-ring (bicyclic) bond motifs is 3. The Bertz CT molecular complexity index is 833. The Labute approximate surface area is 127 Å². The SMILES string of the molecule is O=C1CC(c2ccccc2)Cc2c1oc1ccc(Cl)cc21. The highest BCUT2D eigenvalue weighted by molar-refractivity contribution is 6.31. The Hall–Kier alpha value is -2.06. The molecule has 0 spiro atoms. The minimum absolute atomic E-state index is 0.0809. The summed E-state index contributed by atoms with van der Waals surface area (Å²) in [4.78, 5) is 12.4. The Morgan fingerprint density at radius 2 is 1.86 bits per heavy atom. The Kier molecular flexibility index (Phi) is 2.86. The molecule has 2 aromatic carbocycles. The molecule has 3 heteroatoms. The van der Waals surface area contributed by atoms with Gasteiger partial charge >= 0.3 is 0 Å². The fourth-order valence-corrected chi connectivity index (χ4v) is 3.32. The molecule has 0 radical (unpaired) electrons. The number of carbonyl (C=O) groups is 1. The van der Waals surface area contributed by atoms with Crippen LogP contribution in [0.1, 0.15) is 34.0 Å². The molecule has 0 fully saturated rings. The zero-order chi connectivity index (χ0) is 14.4. The second kappa shape index (κ2) is 4.74. The molecule has 0 aliphatic heterocycles. The standard InChI is InChI=1S/C18H13ClO2/c19-13-6-7-17-14(10-13)15-8-12(9-16(20)18(15)21-17)11-4-2-1-3-5-11/h1-7,10,12H,8-9H2. The molecule has 2 nitrogen and oxygen atoms in total. The molecule has 21 heavy (non-hydrogen) atoms. The largest absolute Gasteiger partial charge is 0.453 e. The van der Waals surface area contributed by atoms with Gasteiger partial charge in [0.2, 0.25) is 0 Å². The molecule has 0 amide bonds. The van der Waals surface area contributed by atoms with Crippen LogP contribution in [-0.2, 0) is 6.42 Å². The first-order valence-electron chi connectivity index (χ1n) is 7.01. The number of hydrogen-bond donors (Lipinski definition) is 0. The van der Waals surface area contributed by atoms with E-state index < -0.39 is 0 Å². The lowest BCUT2D eigenvalue weighted by Crippen LogP contribution is -2.17. The number of Topliss-reactive ketones (excluding diaryl/α,β-unsaturated/α-hetero) is 1. The average Bonchev–Trinajstić information content (AvgIpc) is 2.87. The van der Waals surface area contributed by atoms with Crippen molar-refractivity contribution >= 4 is 28.4 Å². The third kappa shape index (κ3) is 2.07. The maximum atomic E-state index is 12.4. The molecule has 0 saturated carbocycles. The van der Waals surface area contributed by atoms with Gasteiger partial charge in [-0.1, -0.05) is 41.9 Å². The fourth-order valence-electron chi connectivity index (χ4n) is 3.14. The van der Waals surface area contributed by atoms with E-state index in [0.29, 0.717) is 17.2 Å². The summed E-state index contributed by atoms with van der Waals surface area (Å²) in [5.74, 6) is 0.808. The van der Waals surface area contributed by atoms with Gasteiger partial charge in [-0.3, -0.25) is 4.79 Å². The Morgan fingerprint density at radius 1 is 1.05 bits per heavy atom. The Balaban J connectivity index is 1.85. The van der Waals surface area contributed by atoms with E-state index in [2.05, 4.69) is 12.1 Å². The van der Waals surface area contributed by atoms with E-state index in [1.165, 1.54) is 5.56 Å². The number of rotatable bonds is 1. The molecule has 1 aliphatic rings. The summed E-state index contributed by atoms with van der Waals surface area (Å²) < 4.78 is 5.73. The zero-order valence-electron chi connectivity index (χ0n) is 11.3. The molecular formula is C18H13ClO2. The van der Waals surface area contributed by atoms with Gasteiger partial charge in [0.1, 0.15) is 5.58 Å². The van der Waals surface area contributed by atoms with Crippen LogP contribution >= 0.6 is 11.6 Å². The molecule has 1 unspecified atom stereocenters. The highest BCUT2D eigenvalue weighted by atomic mass is 35.5. The third-order valence-electron chi connectivity index (χ3n) is 4.16. The number of ketones is 1. The molecule has 0 N–H and O–H groups in total. The van der Waals surface area contributed by atoms with Crippen molar-refractivity contribution < 1.29 is 9.21 Å². The van der Waals surface area contributed by atoms with Crippen LogP contribution in [0.5, 0.6) is 0 Å². The summed E-state index contributed by atoms with van der Waals surface area (Å²) in [6, 6.07) is 15.7. The lowest BCUT2D eigenvalue weighted by atomic mass is 9.81. The molecule has 0 saturated heterocycles. The molecular weight excluding hydrogens is 284 g/mol. The van der Waals surface area contributed by atoms with Crippen molar-refractivity contribution in [2.24, 2.45) is 0 Å². The van der Waals surface area contributed by atoms with Gasteiger partial charge in [0.25, 0.3) is 0 Å². The summed E-state index contributed by atoms with van der Waals surface area (Å²) in [5.41, 5.74) is 2.94. The number of furan rings is 1. The minimum Gasteiger partial charge on any atom is -0.453 e. The summed E-state index contributed by atoms with van der Waals surface area (Å²) >= 11 is 6.08. The normalized spacial score (nSPS) is 18.0. The number of hydrogen-bond acceptors (Lipinski definition) is 2. The van der Waals surface area contributed by atoms with E-state index in [4.69, 9.17) is 16.0 Å². The van der Waals surface area contributed by atoms with Crippen LogP contribution < -0.4 is 0 Å². The van der Waals surface area contributed by atoms with Crippen LogP contribution in [0.25, 0.3) is 11.0 Å². The van der Waals surface area contributed by atoms with E-state index in [1.807, 2.05) is 30.3 Å². The van der Waals surface area contributed by atoms with Crippen molar-refractivity contribution in [2.75, 3.05) is 0 Å². The minimum atomic E-state index is 0.0809. The summed E-state index contributed by atoms with van der Waals surface area (Å²) in [7, 11) is 0. The van der Waals surface area contributed by atoms with E-state index in [-0.39, 0.29) is 11.7 Å². The summed E-state index contributed by atoms with van der Waals surface area (Å²) in [6.45, 7) is 0. The first-order chi connectivity index (χ1) is 10.2. The van der Waals surface area contributed by atoms with Gasteiger partial charge in [0.15, 0.2) is 11.5 Å². The van der Waals surface area contributed by atoms with Crippen molar-refractivity contribution in [1.82, 2.24) is 0 Å². The smallest absolute Gasteiger partial charge is 0.198 e. The second-order valence-corrected chi connectivity index (χ2v) is 5.93. The zero-order valence-corrected chi connectivity index (χ0v) is 12.1. The fraction of sp³-hybridized carbons (Fsp3) is 0.167. The average molecular weight is 297 g/mol. The molecule has 1 heterocycles. The highest BCUT2D eigenvalue weighted by Crippen LogP contribution is 2.38. The first kappa shape index (κ1) is 12.7. The number of benzene rings is 2. The van der Waals surface area contributed by atoms with Crippen LogP contribution in [-0.4, -0.2) is 5.78 Å². The van der Waals surface area contributed by atoms with Gasteiger partial charge in [-0.2, -0.15) is 0 Å². The van der Waals surface area contributed by atoms with Gasteiger partial charge in [-0.05, 0) is 36.1 Å². The Morgan fingerprint density at radius 3 is 2.67 bits per heavy atom. The van der Waals surface area contributed by atoms with Crippen LogP contribution in [0.2, 0.25) is 5.02 Å². The molecule has 0 bridgehead atoms. The second-order valence-electron chi connectivity index (χ2n) is 5.49. The predicted molar refractivity (Wildman–Crippen MR) is 83.1 cm³/mol. The van der Waals surface area contributed by atoms with Crippen LogP contribution in [0.4, 0.5) is 0 Å². The van der Waals surface area contributed by atoms with Gasteiger partial charge in [0.05, 0.1) is 0 Å². The lowest BCUT2D eigenvalue weighted by molar-refractivity contribution is 0.0937. The summed E-state index contributed by atoms with van der Waals surface area (Å²) in [6.07, 6.45) is 1.32. The molecule has 4 rings (SSSR count). The maximum Gasteiger partial charge on any atom is 0.198 e. The van der Waals surface area contributed by atoms with E-state index in [0.717, 1.165) is 23.0 Å². The van der Waals surface area contributed by atoms with Crippen molar-refractivity contribution in [3.63, 3.8) is 0 Å². The van der Waals surface area contributed by atoms with Crippen molar-refractivity contribution in [1.29, 1.82) is 0 Å². The van der Waals surface area contributed by atoms with Gasteiger partial charge in [-0.15, -0.1) is 0 Å². The first-order valence-corrected chi connectivity index (χ1v) is 7.39. The molecule has 1 aliphatic carbocycles. The molecule has 1 atom stereocenters. The molecule has 1 aromatic heterocycles. The highest BCUT2D eigenvalue weighted by Gasteiger charge is 2.31. The number of halogens is 1. The van der Waals surface area contributed by atoms with Crippen LogP contribution in [0.3, 0.4) is 0 Å². The van der Waals surface area contributed by atoms with Crippen molar-refractivity contribution in [3.8, 4) is 0 Å². The summed E-state index contributed by atoms with van der Waals surface area (Å²) in [5, 5.41) is 1.63. The predicted octanol–water partition coefficient (Wildman–Crippen LogP) is 5.00. The van der Waals surface area contributed by atoms with E-state index in [1.54, 1.807) is 6.07 Å².